The Hall–Kier alpha value is -2.31. The van der Waals surface area contributed by atoms with E-state index in [9.17, 15) is 33.8 Å². The van der Waals surface area contributed by atoms with Crippen LogP contribution >= 0.6 is 0 Å². The average Bonchev–Trinajstić information content (AvgIpc) is 2.44. The van der Waals surface area contributed by atoms with Crippen LogP contribution in [0.1, 0.15) is 27.7 Å². The number of nitrogens with one attached hydrogen (secondary N) is 1. The molecular weight excluding hydrogens is 361 g/mol. The SMILES string of the molecule is CC(=O)N[C@]1(O)C(OC(C)=O)O[C@H](COC(C)=O)[C@](O)(F)[C@@H]1OC(C)=O. The zero-order chi connectivity index (χ0) is 20.3. The van der Waals surface area contributed by atoms with Gasteiger partial charge in [-0.1, -0.05) is 0 Å². The molecular formula is C14H20FNO10. The molecule has 0 aliphatic carbocycles. The number of hydrogen-bond acceptors (Lipinski definition) is 10. The Morgan fingerprint density at radius 1 is 1.04 bits per heavy atom. The van der Waals surface area contributed by atoms with Gasteiger partial charge >= 0.3 is 17.9 Å². The van der Waals surface area contributed by atoms with Gasteiger partial charge in [0.2, 0.25) is 17.7 Å². The lowest BCUT2D eigenvalue weighted by Crippen LogP contribution is -2.78. The van der Waals surface area contributed by atoms with Crippen molar-refractivity contribution < 1.29 is 52.7 Å². The lowest BCUT2D eigenvalue weighted by Gasteiger charge is -2.50. The fraction of sp³-hybridized carbons (Fsp3) is 0.714. The third kappa shape index (κ3) is 4.86. The smallest absolute Gasteiger partial charge is 0.305 e. The van der Waals surface area contributed by atoms with Crippen LogP contribution in [0.25, 0.3) is 0 Å². The van der Waals surface area contributed by atoms with E-state index in [1.165, 1.54) is 0 Å². The van der Waals surface area contributed by atoms with E-state index in [0.29, 0.717) is 0 Å². The van der Waals surface area contributed by atoms with Crippen LogP contribution in [-0.2, 0) is 38.1 Å². The van der Waals surface area contributed by atoms with Crippen molar-refractivity contribution in [2.45, 2.75) is 57.8 Å². The van der Waals surface area contributed by atoms with Crippen LogP contribution in [0.15, 0.2) is 0 Å². The molecule has 0 saturated carbocycles. The predicted molar refractivity (Wildman–Crippen MR) is 77.4 cm³/mol. The van der Waals surface area contributed by atoms with Gasteiger partial charge in [0, 0.05) is 27.7 Å². The Bertz CT molecular complexity index is 594. The van der Waals surface area contributed by atoms with Gasteiger partial charge in [0.1, 0.15) is 6.61 Å². The molecule has 12 heteroatoms. The van der Waals surface area contributed by atoms with E-state index in [0.717, 1.165) is 27.7 Å². The number of hydrogen-bond donors (Lipinski definition) is 3. The van der Waals surface area contributed by atoms with Gasteiger partial charge in [0.05, 0.1) is 0 Å². The number of rotatable bonds is 5. The van der Waals surface area contributed by atoms with Crippen molar-refractivity contribution in [3.63, 3.8) is 0 Å². The van der Waals surface area contributed by atoms with E-state index in [-0.39, 0.29) is 0 Å². The standard InChI is InChI=1S/C14H20FNO10/c1-6(17)16-14(22)11(24-8(3)19)13(15,21)10(5-23-7(2)18)26-12(14)25-9(4)20/h10-12,21-22H,5H2,1-4H3,(H,16,17)/t10-,11+,12?,13-,14-/m1/s1. The third-order valence-corrected chi connectivity index (χ3v) is 3.24. The number of aliphatic hydroxyl groups is 2. The van der Waals surface area contributed by atoms with Crippen LogP contribution in [-0.4, -0.2) is 70.7 Å². The molecule has 0 aromatic rings. The molecule has 5 atom stereocenters. The Labute approximate surface area is 147 Å². The minimum Gasteiger partial charge on any atom is -0.463 e. The highest BCUT2D eigenvalue weighted by Crippen LogP contribution is 2.39. The number of amides is 1. The molecule has 1 fully saturated rings. The fourth-order valence-corrected chi connectivity index (χ4v) is 2.31. The first-order valence-corrected chi connectivity index (χ1v) is 7.36. The van der Waals surface area contributed by atoms with Crippen molar-refractivity contribution in [3.05, 3.63) is 0 Å². The Balaban J connectivity index is 3.38. The summed E-state index contributed by atoms with van der Waals surface area (Å²) in [6.45, 7) is 2.84. The Kier molecular flexibility index (Phi) is 6.63. The highest BCUT2D eigenvalue weighted by Gasteiger charge is 2.68. The molecule has 0 radical (unpaired) electrons. The minimum absolute atomic E-state index is 0.847. The summed E-state index contributed by atoms with van der Waals surface area (Å²) in [6.07, 6.45) is -6.59. The average molecular weight is 381 g/mol. The van der Waals surface area contributed by atoms with Gasteiger partial charge in [-0.15, -0.1) is 0 Å². The minimum atomic E-state index is -3.63. The lowest BCUT2D eigenvalue weighted by molar-refractivity contribution is -0.393. The number of alkyl halides is 1. The molecule has 1 saturated heterocycles. The van der Waals surface area contributed by atoms with Crippen LogP contribution in [0.3, 0.4) is 0 Å². The monoisotopic (exact) mass is 381 g/mol. The molecule has 1 heterocycles. The summed E-state index contributed by atoms with van der Waals surface area (Å²) in [5, 5.41) is 22.7. The second-order valence-corrected chi connectivity index (χ2v) is 5.59. The summed E-state index contributed by atoms with van der Waals surface area (Å²) in [4.78, 5) is 44.9. The van der Waals surface area contributed by atoms with Crippen LogP contribution in [0.4, 0.5) is 4.39 Å². The molecule has 1 aliphatic heterocycles. The lowest BCUT2D eigenvalue weighted by atomic mass is 9.90. The van der Waals surface area contributed by atoms with Gasteiger partial charge in [-0.2, -0.15) is 0 Å². The largest absolute Gasteiger partial charge is 0.463 e. The van der Waals surface area contributed by atoms with Gasteiger partial charge in [-0.3, -0.25) is 19.2 Å². The molecule has 11 nitrogen and oxygen atoms in total. The molecule has 0 aromatic carbocycles. The number of ether oxygens (including phenoxy) is 4. The first-order chi connectivity index (χ1) is 11.8. The molecule has 0 bridgehead atoms. The Morgan fingerprint density at radius 2 is 1.58 bits per heavy atom. The highest BCUT2D eigenvalue weighted by molar-refractivity contribution is 5.74. The van der Waals surface area contributed by atoms with Gasteiger partial charge in [0.25, 0.3) is 12.1 Å². The van der Waals surface area contributed by atoms with Gasteiger partial charge in [-0.05, 0) is 0 Å². The number of esters is 3. The Morgan fingerprint density at radius 3 is 2.00 bits per heavy atom. The molecule has 0 spiro atoms. The molecule has 1 rings (SSSR count). The van der Waals surface area contributed by atoms with Gasteiger partial charge in [-0.25, -0.2) is 4.39 Å². The van der Waals surface area contributed by atoms with E-state index >= 15 is 0 Å². The molecule has 0 aromatic heterocycles. The summed E-state index contributed by atoms with van der Waals surface area (Å²) in [6, 6.07) is 0. The van der Waals surface area contributed by atoms with E-state index in [1.54, 1.807) is 0 Å². The summed E-state index contributed by atoms with van der Waals surface area (Å²) in [5.41, 5.74) is -2.97. The van der Waals surface area contributed by atoms with E-state index < -0.39 is 60.5 Å². The summed E-state index contributed by atoms with van der Waals surface area (Å²) >= 11 is 0. The van der Waals surface area contributed by atoms with Crippen molar-refractivity contribution >= 4 is 23.8 Å². The van der Waals surface area contributed by atoms with Crippen LogP contribution in [0, 0.1) is 0 Å². The topological polar surface area (TPSA) is 158 Å². The first kappa shape index (κ1) is 21.7. The predicted octanol–water partition coefficient (Wildman–Crippen LogP) is -1.75. The van der Waals surface area contributed by atoms with Crippen molar-refractivity contribution in [2.24, 2.45) is 0 Å². The molecule has 3 N–H and O–H groups in total. The number of halogens is 1. The van der Waals surface area contributed by atoms with Crippen molar-refractivity contribution in [1.82, 2.24) is 5.32 Å². The maximum Gasteiger partial charge on any atom is 0.305 e. The van der Waals surface area contributed by atoms with Gasteiger partial charge in [0.15, 0.2) is 6.10 Å². The van der Waals surface area contributed by atoms with E-state index in [4.69, 9.17) is 9.47 Å². The maximum absolute atomic E-state index is 15.0. The number of carbonyl (C=O) groups excluding carboxylic acids is 4. The van der Waals surface area contributed by atoms with Crippen LogP contribution in [0.5, 0.6) is 0 Å². The normalized spacial score (nSPS) is 33.7. The van der Waals surface area contributed by atoms with E-state index in [2.05, 4.69) is 9.47 Å². The highest BCUT2D eigenvalue weighted by atomic mass is 19.2. The number of carbonyl (C=O) groups is 4. The molecule has 1 amide bonds. The molecule has 1 unspecified atom stereocenters. The van der Waals surface area contributed by atoms with Crippen LogP contribution in [0.2, 0.25) is 0 Å². The summed E-state index contributed by atoms with van der Waals surface area (Å²) in [5.74, 6) is -7.56. The molecule has 26 heavy (non-hydrogen) atoms. The first-order valence-electron chi connectivity index (χ1n) is 7.36. The van der Waals surface area contributed by atoms with E-state index in [1.807, 2.05) is 5.32 Å². The summed E-state index contributed by atoms with van der Waals surface area (Å²) in [7, 11) is 0. The zero-order valence-electron chi connectivity index (χ0n) is 14.5. The van der Waals surface area contributed by atoms with Crippen molar-refractivity contribution in [2.75, 3.05) is 6.61 Å². The van der Waals surface area contributed by atoms with Gasteiger partial charge < -0.3 is 34.5 Å². The second kappa shape index (κ2) is 7.93. The maximum atomic E-state index is 15.0. The summed E-state index contributed by atoms with van der Waals surface area (Å²) < 4.78 is 33.9. The second-order valence-electron chi connectivity index (χ2n) is 5.59. The zero-order valence-corrected chi connectivity index (χ0v) is 14.5. The van der Waals surface area contributed by atoms with Crippen LogP contribution < -0.4 is 5.32 Å². The van der Waals surface area contributed by atoms with Crippen molar-refractivity contribution in [3.8, 4) is 0 Å². The molecule has 1 aliphatic rings. The third-order valence-electron chi connectivity index (χ3n) is 3.24. The van der Waals surface area contributed by atoms with Crippen molar-refractivity contribution in [1.29, 1.82) is 0 Å². The quantitative estimate of drug-likeness (QED) is 0.283. The molecule has 148 valence electrons. The fourth-order valence-electron chi connectivity index (χ4n) is 2.31.